The van der Waals surface area contributed by atoms with Crippen molar-refractivity contribution in [2.75, 3.05) is 17.7 Å². The maximum atomic E-state index is 13.0. The number of amides is 1. The van der Waals surface area contributed by atoms with Crippen LogP contribution in [0.5, 0.6) is 0 Å². The summed E-state index contributed by atoms with van der Waals surface area (Å²) in [5, 5.41) is 1.01. The number of aromatic nitrogens is 4. The number of hydrogen-bond donors (Lipinski definition) is 0. The van der Waals surface area contributed by atoms with E-state index >= 15 is 0 Å². The molecule has 0 spiro atoms. The fourth-order valence-electron chi connectivity index (χ4n) is 3.31. The molecule has 0 N–H and O–H groups in total. The van der Waals surface area contributed by atoms with Gasteiger partial charge in [0.2, 0.25) is 5.91 Å². The molecule has 8 nitrogen and oxygen atoms in total. The van der Waals surface area contributed by atoms with Crippen molar-refractivity contribution < 1.29 is 4.79 Å². The second-order valence-electron chi connectivity index (χ2n) is 7.34. The van der Waals surface area contributed by atoms with Crippen LogP contribution in [0.2, 0.25) is 5.02 Å². The van der Waals surface area contributed by atoms with Crippen molar-refractivity contribution in [2.45, 2.75) is 5.03 Å². The molecule has 33 heavy (non-hydrogen) atoms. The number of carbonyl (C=O) groups excluding carboxylic acids is 1. The van der Waals surface area contributed by atoms with Crippen LogP contribution in [0.3, 0.4) is 0 Å². The largest absolute Gasteiger partial charge is 0.332 e. The Kier molecular flexibility index (Phi) is 6.35. The molecular weight excluding hydrogens is 462 g/mol. The third-order valence-electron chi connectivity index (χ3n) is 5.20. The number of thioether (sulfide) groups is 1. The second-order valence-corrected chi connectivity index (χ2v) is 8.74. The lowest BCUT2D eigenvalue weighted by atomic mass is 10.2. The SMILES string of the molecule is CN(C(=O)CSc1nc(-c2cccc(Cl)c2)nc2c1c(=O)n(C)c(=O)n2C)c1ccccc1. The average molecular weight is 482 g/mol. The normalized spacial score (nSPS) is 11.0. The number of rotatable bonds is 5. The lowest BCUT2D eigenvalue weighted by molar-refractivity contribution is -0.115. The highest BCUT2D eigenvalue weighted by molar-refractivity contribution is 8.00. The van der Waals surface area contributed by atoms with Gasteiger partial charge in [-0.15, -0.1) is 0 Å². The van der Waals surface area contributed by atoms with Crippen LogP contribution in [0.1, 0.15) is 0 Å². The highest BCUT2D eigenvalue weighted by atomic mass is 35.5. The molecule has 168 valence electrons. The minimum Gasteiger partial charge on any atom is -0.315 e. The molecule has 1 amide bonds. The van der Waals surface area contributed by atoms with E-state index in [1.165, 1.54) is 11.6 Å². The smallest absolute Gasteiger partial charge is 0.315 e. The first-order chi connectivity index (χ1) is 15.8. The van der Waals surface area contributed by atoms with Gasteiger partial charge in [0.05, 0.1) is 5.75 Å². The fraction of sp³-hybridized carbons (Fsp3) is 0.174. The van der Waals surface area contributed by atoms with Crippen molar-refractivity contribution in [2.24, 2.45) is 14.1 Å². The predicted octanol–water partition coefficient (Wildman–Crippen LogP) is 3.10. The lowest BCUT2D eigenvalue weighted by Crippen LogP contribution is -2.37. The quantitative estimate of drug-likeness (QED) is 0.321. The van der Waals surface area contributed by atoms with Crippen LogP contribution in [0.4, 0.5) is 5.69 Å². The third kappa shape index (κ3) is 4.42. The maximum absolute atomic E-state index is 13.0. The van der Waals surface area contributed by atoms with Crippen LogP contribution >= 0.6 is 23.4 Å². The Hall–Kier alpha value is -3.43. The van der Waals surface area contributed by atoms with E-state index < -0.39 is 11.2 Å². The molecule has 0 radical (unpaired) electrons. The first kappa shape index (κ1) is 22.8. The molecule has 0 saturated carbocycles. The molecule has 0 bridgehead atoms. The summed E-state index contributed by atoms with van der Waals surface area (Å²) in [4.78, 5) is 48.9. The molecule has 2 aromatic heterocycles. The summed E-state index contributed by atoms with van der Waals surface area (Å²) in [7, 11) is 4.63. The number of fused-ring (bicyclic) bond motifs is 1. The Morgan fingerprint density at radius 1 is 1.03 bits per heavy atom. The Morgan fingerprint density at radius 2 is 1.76 bits per heavy atom. The van der Waals surface area contributed by atoms with Gasteiger partial charge in [0.15, 0.2) is 11.5 Å². The number of anilines is 1. The lowest BCUT2D eigenvalue weighted by Gasteiger charge is -2.17. The number of halogens is 1. The van der Waals surface area contributed by atoms with E-state index in [4.69, 9.17) is 11.6 Å². The molecular formula is C23H20ClN5O3S. The Labute approximate surface area is 198 Å². The number of nitrogens with zero attached hydrogens (tertiary/aromatic N) is 5. The minimum absolute atomic E-state index is 0.0402. The molecule has 4 rings (SSSR count). The van der Waals surface area contributed by atoms with Crippen molar-refractivity contribution in [3.63, 3.8) is 0 Å². The van der Waals surface area contributed by atoms with Crippen molar-refractivity contribution in [1.29, 1.82) is 0 Å². The van der Waals surface area contributed by atoms with Crippen LogP contribution in [0, 0.1) is 0 Å². The number of carbonyl (C=O) groups is 1. The van der Waals surface area contributed by atoms with Gasteiger partial charge in [0, 0.05) is 37.4 Å². The molecule has 2 heterocycles. The van der Waals surface area contributed by atoms with E-state index in [9.17, 15) is 14.4 Å². The van der Waals surface area contributed by atoms with Crippen LogP contribution in [0.25, 0.3) is 22.4 Å². The summed E-state index contributed by atoms with van der Waals surface area (Å²) in [5.41, 5.74) is 0.566. The topological polar surface area (TPSA) is 90.1 Å². The van der Waals surface area contributed by atoms with Crippen molar-refractivity contribution >= 4 is 46.0 Å². The van der Waals surface area contributed by atoms with E-state index in [0.717, 1.165) is 22.0 Å². The van der Waals surface area contributed by atoms with Crippen LogP contribution in [-0.4, -0.2) is 37.8 Å². The first-order valence-corrected chi connectivity index (χ1v) is 11.3. The molecule has 0 saturated heterocycles. The summed E-state index contributed by atoms with van der Waals surface area (Å²) in [6.45, 7) is 0. The molecule has 0 atom stereocenters. The van der Waals surface area contributed by atoms with E-state index in [2.05, 4.69) is 9.97 Å². The number of aryl methyl sites for hydroxylation is 1. The summed E-state index contributed by atoms with van der Waals surface area (Å²) in [5.74, 6) is 0.182. The molecule has 4 aromatic rings. The molecule has 0 aliphatic rings. The van der Waals surface area contributed by atoms with Crippen molar-refractivity contribution in [1.82, 2.24) is 19.1 Å². The van der Waals surface area contributed by atoms with E-state index in [0.29, 0.717) is 21.4 Å². The summed E-state index contributed by atoms with van der Waals surface area (Å²) < 4.78 is 2.31. The summed E-state index contributed by atoms with van der Waals surface area (Å²) >= 11 is 7.26. The number of hydrogen-bond acceptors (Lipinski definition) is 6. The van der Waals surface area contributed by atoms with Crippen LogP contribution in [-0.2, 0) is 18.9 Å². The van der Waals surface area contributed by atoms with Gasteiger partial charge in [0.25, 0.3) is 5.56 Å². The molecule has 10 heteroatoms. The zero-order valence-corrected chi connectivity index (χ0v) is 19.7. The monoisotopic (exact) mass is 481 g/mol. The van der Waals surface area contributed by atoms with Crippen molar-refractivity contribution in [3.8, 4) is 11.4 Å². The van der Waals surface area contributed by atoms with Gasteiger partial charge in [0.1, 0.15) is 10.4 Å². The molecule has 2 aromatic carbocycles. The predicted molar refractivity (Wildman–Crippen MR) is 131 cm³/mol. The van der Waals surface area contributed by atoms with E-state index in [-0.39, 0.29) is 22.7 Å². The molecule has 0 aliphatic carbocycles. The van der Waals surface area contributed by atoms with Gasteiger partial charge in [-0.05, 0) is 24.3 Å². The van der Waals surface area contributed by atoms with Crippen LogP contribution in [0.15, 0.2) is 69.2 Å². The Balaban J connectivity index is 1.81. The highest BCUT2D eigenvalue weighted by Gasteiger charge is 2.20. The fourth-order valence-corrected chi connectivity index (χ4v) is 4.43. The summed E-state index contributed by atoms with van der Waals surface area (Å²) in [6, 6.07) is 16.2. The van der Waals surface area contributed by atoms with Gasteiger partial charge in [-0.2, -0.15) is 0 Å². The van der Waals surface area contributed by atoms with Gasteiger partial charge in [-0.3, -0.25) is 18.7 Å². The molecule has 0 fully saturated rings. The standard InChI is InChI=1S/C23H20ClN5O3S/c1-27(16-10-5-4-6-11-16)17(30)13-33-21-18-20(28(2)23(32)29(3)22(18)31)25-19(26-21)14-8-7-9-15(24)12-14/h4-12H,13H2,1-3H3. The third-order valence-corrected chi connectivity index (χ3v) is 6.39. The highest BCUT2D eigenvalue weighted by Crippen LogP contribution is 2.27. The first-order valence-electron chi connectivity index (χ1n) is 9.96. The molecule has 0 aliphatic heterocycles. The van der Waals surface area contributed by atoms with Gasteiger partial charge >= 0.3 is 5.69 Å². The molecule has 0 unspecified atom stereocenters. The van der Waals surface area contributed by atoms with E-state index in [1.807, 2.05) is 30.3 Å². The zero-order valence-electron chi connectivity index (χ0n) is 18.2. The Morgan fingerprint density at radius 3 is 2.45 bits per heavy atom. The Bertz CT molecular complexity index is 1480. The van der Waals surface area contributed by atoms with Gasteiger partial charge in [-0.1, -0.05) is 53.7 Å². The summed E-state index contributed by atoms with van der Waals surface area (Å²) in [6.07, 6.45) is 0. The number of benzene rings is 2. The zero-order chi connectivity index (χ0) is 23.7. The van der Waals surface area contributed by atoms with E-state index in [1.54, 1.807) is 43.3 Å². The number of para-hydroxylation sites is 1. The maximum Gasteiger partial charge on any atom is 0.332 e. The minimum atomic E-state index is -0.517. The van der Waals surface area contributed by atoms with Crippen LogP contribution < -0.4 is 16.1 Å². The van der Waals surface area contributed by atoms with Gasteiger partial charge in [-0.25, -0.2) is 14.8 Å². The van der Waals surface area contributed by atoms with Gasteiger partial charge < -0.3 is 4.90 Å². The second kappa shape index (κ2) is 9.21. The average Bonchev–Trinajstić information content (AvgIpc) is 2.84. The van der Waals surface area contributed by atoms with Crippen molar-refractivity contribution in [3.05, 3.63) is 80.5 Å².